The Morgan fingerprint density at radius 3 is 2.53 bits per heavy atom. The molecule has 0 amide bonds. The number of aromatic nitrogens is 3. The normalized spacial score (nSPS) is 12.6. The fourth-order valence-electron chi connectivity index (χ4n) is 1.94. The molecule has 1 unspecified atom stereocenters. The second kappa shape index (κ2) is 6.45. The molecule has 1 aromatic heterocycles. The van der Waals surface area contributed by atoms with Crippen molar-refractivity contribution in [3.05, 3.63) is 42.0 Å². The highest BCUT2D eigenvalue weighted by atomic mass is 16.5. The van der Waals surface area contributed by atoms with Crippen molar-refractivity contribution in [3.63, 3.8) is 0 Å². The molecule has 2 aromatic rings. The molecule has 0 radical (unpaired) electrons. The molecule has 1 heterocycles. The number of benzene rings is 1. The molecule has 0 bridgehead atoms. The Kier molecular flexibility index (Phi) is 4.65. The van der Waals surface area contributed by atoms with Crippen LogP contribution in [0, 0.1) is 0 Å². The third-order valence-electron chi connectivity index (χ3n) is 3.13. The molecular weight excluding hydrogens is 242 g/mol. The van der Waals surface area contributed by atoms with Gasteiger partial charge in [-0.15, -0.1) is 10.2 Å². The lowest BCUT2D eigenvalue weighted by Gasteiger charge is -2.11. The largest absolute Gasteiger partial charge is 0.388 e. The number of ether oxygens (including phenoxy) is 1. The number of hydrogen-bond acceptors (Lipinski definition) is 4. The van der Waals surface area contributed by atoms with Gasteiger partial charge in [0.05, 0.1) is 6.10 Å². The van der Waals surface area contributed by atoms with Crippen LogP contribution in [0.4, 0.5) is 0 Å². The summed E-state index contributed by atoms with van der Waals surface area (Å²) in [7, 11) is 1.70. The van der Waals surface area contributed by atoms with E-state index in [0.717, 1.165) is 24.4 Å². The molecule has 0 fully saturated rings. The molecule has 0 aliphatic heterocycles. The van der Waals surface area contributed by atoms with E-state index in [2.05, 4.69) is 10.2 Å². The monoisotopic (exact) mass is 261 g/mol. The Labute approximate surface area is 112 Å². The summed E-state index contributed by atoms with van der Waals surface area (Å²) in [6.45, 7) is 1.90. The summed E-state index contributed by atoms with van der Waals surface area (Å²) < 4.78 is 7.15. The zero-order chi connectivity index (χ0) is 13.7. The van der Waals surface area contributed by atoms with E-state index in [-0.39, 0.29) is 12.7 Å². The summed E-state index contributed by atoms with van der Waals surface area (Å²) in [4.78, 5) is 0. The van der Waals surface area contributed by atoms with Crippen LogP contribution in [0.5, 0.6) is 0 Å². The predicted molar refractivity (Wildman–Crippen MR) is 72.1 cm³/mol. The molecule has 2 rings (SSSR count). The maximum Gasteiger partial charge on any atom is 0.163 e. The van der Waals surface area contributed by atoms with Gasteiger partial charge in [-0.25, -0.2) is 0 Å². The van der Waals surface area contributed by atoms with Crippen LogP contribution in [0.3, 0.4) is 0 Å². The van der Waals surface area contributed by atoms with Crippen LogP contribution in [0.15, 0.2) is 30.3 Å². The van der Waals surface area contributed by atoms with Gasteiger partial charge in [0.15, 0.2) is 5.82 Å². The van der Waals surface area contributed by atoms with E-state index in [9.17, 15) is 5.11 Å². The van der Waals surface area contributed by atoms with Gasteiger partial charge in [-0.05, 0) is 25.5 Å². The second-order valence-electron chi connectivity index (χ2n) is 4.45. The summed E-state index contributed by atoms with van der Waals surface area (Å²) in [6.07, 6.45) is 1.81. The van der Waals surface area contributed by atoms with Crippen molar-refractivity contribution >= 4 is 0 Å². The van der Waals surface area contributed by atoms with Crippen molar-refractivity contribution in [2.75, 3.05) is 7.11 Å². The van der Waals surface area contributed by atoms with Crippen molar-refractivity contribution in [2.24, 2.45) is 0 Å². The first-order valence-corrected chi connectivity index (χ1v) is 6.38. The number of aliphatic hydroxyl groups excluding tert-OH is 1. The number of hydrogen-bond donors (Lipinski definition) is 1. The first-order chi connectivity index (χ1) is 9.26. The SMILES string of the molecule is COC(C)CCc1nnc(CO)n1-c1ccccc1. The van der Waals surface area contributed by atoms with Gasteiger partial charge in [0.2, 0.25) is 0 Å². The maximum absolute atomic E-state index is 9.37. The number of para-hydroxylation sites is 1. The minimum Gasteiger partial charge on any atom is -0.388 e. The molecule has 0 aliphatic carbocycles. The molecule has 0 aliphatic rings. The molecule has 5 heteroatoms. The first-order valence-electron chi connectivity index (χ1n) is 6.38. The highest BCUT2D eigenvalue weighted by Gasteiger charge is 2.13. The van der Waals surface area contributed by atoms with Crippen LogP contribution < -0.4 is 0 Å². The Morgan fingerprint density at radius 2 is 1.89 bits per heavy atom. The molecule has 19 heavy (non-hydrogen) atoms. The summed E-state index contributed by atoms with van der Waals surface area (Å²) in [5.41, 5.74) is 0.969. The third kappa shape index (κ3) is 3.19. The fraction of sp³-hybridized carbons (Fsp3) is 0.429. The van der Waals surface area contributed by atoms with Gasteiger partial charge < -0.3 is 9.84 Å². The molecule has 0 saturated heterocycles. The number of aliphatic hydroxyl groups is 1. The maximum atomic E-state index is 9.37. The lowest BCUT2D eigenvalue weighted by Crippen LogP contribution is -2.10. The molecule has 1 N–H and O–H groups in total. The lowest BCUT2D eigenvalue weighted by atomic mass is 10.2. The zero-order valence-electron chi connectivity index (χ0n) is 11.3. The average molecular weight is 261 g/mol. The van der Waals surface area contributed by atoms with Crippen LogP contribution in [0.1, 0.15) is 25.0 Å². The highest BCUT2D eigenvalue weighted by molar-refractivity contribution is 5.33. The quantitative estimate of drug-likeness (QED) is 0.860. The molecule has 102 valence electrons. The van der Waals surface area contributed by atoms with Crippen LogP contribution in [0.2, 0.25) is 0 Å². The Hall–Kier alpha value is -1.72. The Balaban J connectivity index is 2.27. The Bertz CT molecular complexity index is 511. The van der Waals surface area contributed by atoms with Gasteiger partial charge >= 0.3 is 0 Å². The van der Waals surface area contributed by atoms with Crippen molar-refractivity contribution < 1.29 is 9.84 Å². The smallest absolute Gasteiger partial charge is 0.163 e. The lowest BCUT2D eigenvalue weighted by molar-refractivity contribution is 0.110. The molecule has 0 spiro atoms. The van der Waals surface area contributed by atoms with E-state index in [1.165, 1.54) is 0 Å². The van der Waals surface area contributed by atoms with Crippen LogP contribution in [0.25, 0.3) is 5.69 Å². The van der Waals surface area contributed by atoms with E-state index in [1.807, 2.05) is 41.8 Å². The van der Waals surface area contributed by atoms with E-state index >= 15 is 0 Å². The topological polar surface area (TPSA) is 60.2 Å². The summed E-state index contributed by atoms with van der Waals surface area (Å²) in [6, 6.07) is 9.83. The summed E-state index contributed by atoms with van der Waals surface area (Å²) in [5.74, 6) is 1.41. The number of aryl methyl sites for hydroxylation is 1. The highest BCUT2D eigenvalue weighted by Crippen LogP contribution is 2.15. The first kappa shape index (κ1) is 13.7. The second-order valence-corrected chi connectivity index (χ2v) is 4.45. The van der Waals surface area contributed by atoms with Gasteiger partial charge in [0, 0.05) is 19.2 Å². The van der Waals surface area contributed by atoms with E-state index in [0.29, 0.717) is 5.82 Å². The van der Waals surface area contributed by atoms with Crippen molar-refractivity contribution in [2.45, 2.75) is 32.5 Å². The van der Waals surface area contributed by atoms with Gasteiger partial charge in [-0.3, -0.25) is 4.57 Å². The minimum atomic E-state index is -0.123. The van der Waals surface area contributed by atoms with Crippen LogP contribution >= 0.6 is 0 Å². The summed E-state index contributed by atoms with van der Waals surface area (Å²) >= 11 is 0. The van der Waals surface area contributed by atoms with Gasteiger partial charge in [0.25, 0.3) is 0 Å². The van der Waals surface area contributed by atoms with Crippen LogP contribution in [-0.4, -0.2) is 33.1 Å². The average Bonchev–Trinajstić information content (AvgIpc) is 2.88. The minimum absolute atomic E-state index is 0.123. The Morgan fingerprint density at radius 1 is 1.21 bits per heavy atom. The van der Waals surface area contributed by atoms with E-state index < -0.39 is 0 Å². The fourth-order valence-corrected chi connectivity index (χ4v) is 1.94. The van der Waals surface area contributed by atoms with Crippen LogP contribution in [-0.2, 0) is 17.8 Å². The number of nitrogens with zero attached hydrogens (tertiary/aromatic N) is 3. The van der Waals surface area contributed by atoms with Crippen molar-refractivity contribution in [1.82, 2.24) is 14.8 Å². The number of methoxy groups -OCH3 is 1. The van der Waals surface area contributed by atoms with Gasteiger partial charge in [-0.1, -0.05) is 18.2 Å². The standard InChI is InChI=1S/C14H19N3O2/c1-11(19-2)8-9-13-15-16-14(10-18)17(13)12-6-4-3-5-7-12/h3-7,11,18H,8-10H2,1-2H3. The van der Waals surface area contributed by atoms with E-state index in [1.54, 1.807) is 7.11 Å². The molecule has 1 atom stereocenters. The third-order valence-corrected chi connectivity index (χ3v) is 3.13. The predicted octanol–water partition coefficient (Wildman–Crippen LogP) is 1.73. The molecule has 0 saturated carbocycles. The van der Waals surface area contributed by atoms with Gasteiger partial charge in [0.1, 0.15) is 12.4 Å². The van der Waals surface area contributed by atoms with Crippen molar-refractivity contribution in [1.29, 1.82) is 0 Å². The van der Waals surface area contributed by atoms with Crippen molar-refractivity contribution in [3.8, 4) is 5.69 Å². The molecule has 1 aromatic carbocycles. The molecular formula is C14H19N3O2. The summed E-state index contributed by atoms with van der Waals surface area (Å²) in [5, 5.41) is 17.6. The number of rotatable bonds is 6. The van der Waals surface area contributed by atoms with E-state index in [4.69, 9.17) is 4.74 Å². The molecule has 5 nitrogen and oxygen atoms in total. The zero-order valence-corrected chi connectivity index (χ0v) is 11.3. The van der Waals surface area contributed by atoms with Gasteiger partial charge in [-0.2, -0.15) is 0 Å².